The van der Waals surface area contributed by atoms with Gasteiger partial charge in [-0.2, -0.15) is 0 Å². The average molecular weight is 222 g/mol. The van der Waals surface area contributed by atoms with Gasteiger partial charge in [-0.25, -0.2) is 9.97 Å². The van der Waals surface area contributed by atoms with Gasteiger partial charge in [0.25, 0.3) is 0 Å². The molecule has 16 heavy (non-hydrogen) atoms. The van der Waals surface area contributed by atoms with Gasteiger partial charge in [0, 0.05) is 32.4 Å². The van der Waals surface area contributed by atoms with Gasteiger partial charge in [-0.3, -0.25) is 4.90 Å². The third-order valence-corrected chi connectivity index (χ3v) is 2.71. The smallest absolute Gasteiger partial charge is 0.125 e. The fraction of sp³-hybridized carbons (Fsp3) is 0.636. The van der Waals surface area contributed by atoms with Crippen molar-refractivity contribution >= 4 is 0 Å². The minimum absolute atomic E-state index is 0.164. The summed E-state index contributed by atoms with van der Waals surface area (Å²) in [5.74, 6) is 0.820. The number of ether oxygens (including phenoxy) is 1. The van der Waals surface area contributed by atoms with E-state index in [4.69, 9.17) is 10.5 Å². The Morgan fingerprint density at radius 2 is 2.50 bits per heavy atom. The molecule has 0 aliphatic carbocycles. The molecule has 0 amide bonds. The van der Waals surface area contributed by atoms with E-state index >= 15 is 0 Å². The zero-order valence-electron chi connectivity index (χ0n) is 9.59. The van der Waals surface area contributed by atoms with E-state index in [0.29, 0.717) is 6.54 Å². The number of hydrogen-bond donors (Lipinski definition) is 1. The maximum Gasteiger partial charge on any atom is 0.125 e. The minimum atomic E-state index is 0.164. The van der Waals surface area contributed by atoms with Crippen LogP contribution in [0.4, 0.5) is 0 Å². The van der Waals surface area contributed by atoms with Gasteiger partial charge < -0.3 is 10.5 Å². The Morgan fingerprint density at radius 1 is 1.62 bits per heavy atom. The van der Waals surface area contributed by atoms with E-state index in [1.165, 1.54) is 0 Å². The molecule has 0 aromatic carbocycles. The predicted octanol–water partition coefficient (Wildman–Crippen LogP) is -0.0555. The normalized spacial score (nSPS) is 22.2. The van der Waals surface area contributed by atoms with Crippen molar-refractivity contribution in [1.82, 2.24) is 14.9 Å². The van der Waals surface area contributed by atoms with Crippen LogP contribution >= 0.6 is 0 Å². The van der Waals surface area contributed by atoms with Gasteiger partial charge in [-0.05, 0) is 13.0 Å². The van der Waals surface area contributed by atoms with Crippen LogP contribution < -0.4 is 5.73 Å². The lowest BCUT2D eigenvalue weighted by Crippen LogP contribution is -2.45. The summed E-state index contributed by atoms with van der Waals surface area (Å²) >= 11 is 0. The first-order valence-corrected chi connectivity index (χ1v) is 5.60. The summed E-state index contributed by atoms with van der Waals surface area (Å²) in [7, 11) is 0. The molecule has 1 aliphatic rings. The largest absolute Gasteiger partial charge is 0.374 e. The van der Waals surface area contributed by atoms with E-state index in [0.717, 1.165) is 37.8 Å². The van der Waals surface area contributed by atoms with Crippen molar-refractivity contribution in [2.75, 3.05) is 26.2 Å². The Kier molecular flexibility index (Phi) is 3.82. The Hall–Kier alpha value is -1.04. The van der Waals surface area contributed by atoms with Crippen LogP contribution in [0.2, 0.25) is 0 Å². The zero-order chi connectivity index (χ0) is 11.4. The van der Waals surface area contributed by atoms with Crippen molar-refractivity contribution in [3.05, 3.63) is 23.8 Å². The number of aromatic nitrogens is 2. The number of morpholine rings is 1. The average Bonchev–Trinajstić information content (AvgIpc) is 2.29. The second kappa shape index (κ2) is 5.34. The molecule has 1 aromatic rings. The Labute approximate surface area is 95.6 Å². The zero-order valence-corrected chi connectivity index (χ0v) is 9.59. The number of rotatable bonds is 3. The molecule has 1 aliphatic heterocycles. The van der Waals surface area contributed by atoms with Crippen LogP contribution in [-0.4, -0.2) is 47.2 Å². The van der Waals surface area contributed by atoms with E-state index in [1.54, 1.807) is 6.20 Å². The molecule has 2 rings (SSSR count). The maximum absolute atomic E-state index is 5.61. The SMILES string of the molecule is Cc1nccc(CN2CCOC(CN)C2)n1. The molecule has 1 atom stereocenters. The molecule has 2 N–H and O–H groups in total. The molecule has 0 saturated carbocycles. The molecule has 2 heterocycles. The van der Waals surface area contributed by atoms with Gasteiger partial charge in [0.1, 0.15) is 5.82 Å². The van der Waals surface area contributed by atoms with Gasteiger partial charge in [0.15, 0.2) is 0 Å². The predicted molar refractivity (Wildman–Crippen MR) is 60.8 cm³/mol. The summed E-state index contributed by atoms with van der Waals surface area (Å²) in [5.41, 5.74) is 6.67. The summed E-state index contributed by atoms with van der Waals surface area (Å²) in [5, 5.41) is 0. The molecule has 1 fully saturated rings. The molecule has 5 heteroatoms. The Morgan fingerprint density at radius 3 is 3.25 bits per heavy atom. The lowest BCUT2D eigenvalue weighted by molar-refractivity contribution is -0.0264. The van der Waals surface area contributed by atoms with Crippen LogP contribution in [-0.2, 0) is 11.3 Å². The fourth-order valence-electron chi connectivity index (χ4n) is 1.89. The molecule has 88 valence electrons. The molecule has 5 nitrogen and oxygen atoms in total. The first kappa shape index (κ1) is 11.4. The monoisotopic (exact) mass is 222 g/mol. The molecular weight excluding hydrogens is 204 g/mol. The van der Waals surface area contributed by atoms with Gasteiger partial charge in [-0.15, -0.1) is 0 Å². The number of hydrogen-bond acceptors (Lipinski definition) is 5. The van der Waals surface area contributed by atoms with Gasteiger partial charge >= 0.3 is 0 Å². The van der Waals surface area contributed by atoms with Crippen LogP contribution in [0.5, 0.6) is 0 Å². The number of nitrogens with two attached hydrogens (primary N) is 1. The van der Waals surface area contributed by atoms with Crippen LogP contribution in [0, 0.1) is 6.92 Å². The lowest BCUT2D eigenvalue weighted by Gasteiger charge is -2.31. The third-order valence-electron chi connectivity index (χ3n) is 2.71. The van der Waals surface area contributed by atoms with Crippen molar-refractivity contribution in [2.24, 2.45) is 5.73 Å². The van der Waals surface area contributed by atoms with E-state index < -0.39 is 0 Å². The topological polar surface area (TPSA) is 64.3 Å². The Balaban J connectivity index is 1.94. The Bertz CT molecular complexity index is 345. The van der Waals surface area contributed by atoms with Gasteiger partial charge in [0.05, 0.1) is 18.4 Å². The summed E-state index contributed by atoms with van der Waals surface area (Å²) in [6.45, 7) is 5.93. The quantitative estimate of drug-likeness (QED) is 0.776. The minimum Gasteiger partial charge on any atom is -0.374 e. The summed E-state index contributed by atoms with van der Waals surface area (Å²) < 4.78 is 5.52. The van der Waals surface area contributed by atoms with Crippen LogP contribution in [0.25, 0.3) is 0 Å². The van der Waals surface area contributed by atoms with E-state index in [2.05, 4.69) is 14.9 Å². The highest BCUT2D eigenvalue weighted by Gasteiger charge is 2.19. The molecule has 1 aromatic heterocycles. The van der Waals surface area contributed by atoms with Crippen LogP contribution in [0.15, 0.2) is 12.3 Å². The number of aryl methyl sites for hydroxylation is 1. The van der Waals surface area contributed by atoms with Crippen molar-refractivity contribution in [3.8, 4) is 0 Å². The molecule has 0 spiro atoms. The fourth-order valence-corrected chi connectivity index (χ4v) is 1.89. The summed E-state index contributed by atoms with van der Waals surface area (Å²) in [6.07, 6.45) is 1.97. The number of nitrogens with zero attached hydrogens (tertiary/aromatic N) is 3. The highest BCUT2D eigenvalue weighted by Crippen LogP contribution is 2.08. The van der Waals surface area contributed by atoms with Gasteiger partial charge in [-0.1, -0.05) is 0 Å². The van der Waals surface area contributed by atoms with Crippen molar-refractivity contribution in [1.29, 1.82) is 0 Å². The van der Waals surface area contributed by atoms with E-state index in [1.807, 2.05) is 13.0 Å². The van der Waals surface area contributed by atoms with Crippen molar-refractivity contribution in [2.45, 2.75) is 19.6 Å². The first-order valence-electron chi connectivity index (χ1n) is 5.60. The van der Waals surface area contributed by atoms with Crippen molar-refractivity contribution < 1.29 is 4.74 Å². The molecule has 0 bridgehead atoms. The standard InChI is InChI=1S/C11H18N4O/c1-9-13-3-2-10(14-9)7-15-4-5-16-11(6-12)8-15/h2-3,11H,4-8,12H2,1H3. The second-order valence-corrected chi connectivity index (χ2v) is 4.06. The van der Waals surface area contributed by atoms with E-state index in [9.17, 15) is 0 Å². The lowest BCUT2D eigenvalue weighted by atomic mass is 10.2. The highest BCUT2D eigenvalue weighted by atomic mass is 16.5. The first-order chi connectivity index (χ1) is 7.78. The summed E-state index contributed by atoms with van der Waals surface area (Å²) in [6, 6.07) is 1.96. The molecule has 0 radical (unpaired) electrons. The molecular formula is C11H18N4O. The summed E-state index contributed by atoms with van der Waals surface area (Å²) in [4.78, 5) is 10.8. The molecule has 1 unspecified atom stereocenters. The highest BCUT2D eigenvalue weighted by molar-refractivity contribution is 5.01. The van der Waals surface area contributed by atoms with Crippen molar-refractivity contribution in [3.63, 3.8) is 0 Å². The van der Waals surface area contributed by atoms with E-state index in [-0.39, 0.29) is 6.10 Å². The second-order valence-electron chi connectivity index (χ2n) is 4.06. The van der Waals surface area contributed by atoms with Crippen LogP contribution in [0.3, 0.4) is 0 Å². The third kappa shape index (κ3) is 2.98. The molecule has 1 saturated heterocycles. The van der Waals surface area contributed by atoms with Gasteiger partial charge in [0.2, 0.25) is 0 Å². The maximum atomic E-state index is 5.61. The van der Waals surface area contributed by atoms with Crippen LogP contribution in [0.1, 0.15) is 11.5 Å².